The molecule has 0 aromatic carbocycles. The monoisotopic (exact) mass is 236 g/mol. The molecule has 1 unspecified atom stereocenters. The molecule has 92 valence electrons. The fourth-order valence-electron chi connectivity index (χ4n) is 1.31. The van der Waals surface area contributed by atoms with Gasteiger partial charge in [-0.2, -0.15) is 0 Å². The Kier molecular flexibility index (Phi) is 8.00. The van der Waals surface area contributed by atoms with Crippen molar-refractivity contribution in [3.05, 3.63) is 0 Å². The van der Waals surface area contributed by atoms with Crippen LogP contribution in [0.25, 0.3) is 0 Å². The molecule has 4 nitrogen and oxygen atoms in total. The SMILES string of the molecule is CCCCC(C)NCCCNS(C)(=O)=O. The topological polar surface area (TPSA) is 58.2 Å². The van der Waals surface area contributed by atoms with Crippen LogP contribution in [-0.2, 0) is 10.0 Å². The number of unbranched alkanes of at least 4 members (excludes halogenated alkanes) is 1. The Morgan fingerprint density at radius 2 is 1.87 bits per heavy atom. The normalized spacial score (nSPS) is 14.1. The number of nitrogens with one attached hydrogen (secondary N) is 2. The lowest BCUT2D eigenvalue weighted by molar-refractivity contribution is 0.488. The van der Waals surface area contributed by atoms with E-state index in [4.69, 9.17) is 0 Å². The molecule has 0 aromatic rings. The van der Waals surface area contributed by atoms with E-state index >= 15 is 0 Å². The molecule has 0 amide bonds. The molecule has 15 heavy (non-hydrogen) atoms. The van der Waals surface area contributed by atoms with Crippen LogP contribution in [0.1, 0.15) is 39.5 Å². The van der Waals surface area contributed by atoms with Crippen molar-refractivity contribution in [2.75, 3.05) is 19.3 Å². The first-order valence-electron chi connectivity index (χ1n) is 5.63. The zero-order valence-corrected chi connectivity index (χ0v) is 10.9. The van der Waals surface area contributed by atoms with E-state index in [1.54, 1.807) is 0 Å². The van der Waals surface area contributed by atoms with Crippen LogP contribution >= 0.6 is 0 Å². The molecular weight excluding hydrogens is 212 g/mol. The quantitative estimate of drug-likeness (QED) is 0.589. The van der Waals surface area contributed by atoms with Crippen LogP contribution < -0.4 is 10.0 Å². The zero-order chi connectivity index (χ0) is 11.7. The van der Waals surface area contributed by atoms with Gasteiger partial charge < -0.3 is 5.32 Å². The number of hydrogen-bond donors (Lipinski definition) is 2. The predicted octanol–water partition coefficient (Wildman–Crippen LogP) is 1.09. The van der Waals surface area contributed by atoms with Crippen molar-refractivity contribution in [1.82, 2.24) is 10.0 Å². The number of rotatable bonds is 9. The Morgan fingerprint density at radius 3 is 2.40 bits per heavy atom. The Hall–Kier alpha value is -0.130. The number of sulfonamides is 1. The second kappa shape index (κ2) is 8.07. The van der Waals surface area contributed by atoms with E-state index in [1.165, 1.54) is 25.5 Å². The van der Waals surface area contributed by atoms with Crippen LogP contribution in [0, 0.1) is 0 Å². The van der Waals surface area contributed by atoms with E-state index in [-0.39, 0.29) is 0 Å². The van der Waals surface area contributed by atoms with Crippen LogP contribution in [0.4, 0.5) is 0 Å². The minimum absolute atomic E-state index is 0.520. The van der Waals surface area contributed by atoms with Gasteiger partial charge in [-0.25, -0.2) is 13.1 Å². The second-order valence-corrected chi connectivity index (χ2v) is 5.85. The molecule has 0 rings (SSSR count). The number of hydrogen-bond acceptors (Lipinski definition) is 3. The van der Waals surface area contributed by atoms with Gasteiger partial charge in [0, 0.05) is 12.6 Å². The summed E-state index contributed by atoms with van der Waals surface area (Å²) >= 11 is 0. The van der Waals surface area contributed by atoms with Gasteiger partial charge in [-0.1, -0.05) is 19.8 Å². The largest absolute Gasteiger partial charge is 0.314 e. The Bertz CT molecular complexity index is 240. The third kappa shape index (κ3) is 11.8. The summed E-state index contributed by atoms with van der Waals surface area (Å²) < 4.78 is 23.9. The second-order valence-electron chi connectivity index (χ2n) is 4.02. The van der Waals surface area contributed by atoms with Gasteiger partial charge in [0.05, 0.1) is 6.26 Å². The third-order valence-corrected chi connectivity index (χ3v) is 2.93. The molecule has 0 radical (unpaired) electrons. The van der Waals surface area contributed by atoms with Crippen molar-refractivity contribution >= 4 is 10.0 Å². The molecule has 0 aromatic heterocycles. The molecule has 1 atom stereocenters. The molecule has 0 saturated heterocycles. The summed E-state index contributed by atoms with van der Waals surface area (Å²) in [5, 5.41) is 3.37. The Labute approximate surface area is 93.9 Å². The highest BCUT2D eigenvalue weighted by Gasteiger charge is 2.01. The first kappa shape index (κ1) is 14.9. The van der Waals surface area contributed by atoms with Crippen molar-refractivity contribution in [2.24, 2.45) is 0 Å². The standard InChI is InChI=1S/C10H24N2O2S/c1-4-5-7-10(2)11-8-6-9-12-15(3,13)14/h10-12H,4-9H2,1-3H3. The fourth-order valence-corrected chi connectivity index (χ4v) is 1.82. The summed E-state index contributed by atoms with van der Waals surface area (Å²) in [6.45, 7) is 5.74. The van der Waals surface area contributed by atoms with Crippen molar-refractivity contribution < 1.29 is 8.42 Å². The lowest BCUT2D eigenvalue weighted by Gasteiger charge is -2.12. The minimum atomic E-state index is -3.02. The van der Waals surface area contributed by atoms with E-state index in [0.29, 0.717) is 12.6 Å². The van der Waals surface area contributed by atoms with Gasteiger partial charge in [-0.3, -0.25) is 0 Å². The smallest absolute Gasteiger partial charge is 0.208 e. The maximum Gasteiger partial charge on any atom is 0.208 e. The van der Waals surface area contributed by atoms with E-state index in [2.05, 4.69) is 23.9 Å². The summed E-state index contributed by atoms with van der Waals surface area (Å²) in [5.74, 6) is 0. The van der Waals surface area contributed by atoms with E-state index < -0.39 is 10.0 Å². The molecular formula is C10H24N2O2S. The average molecular weight is 236 g/mol. The fraction of sp³-hybridized carbons (Fsp3) is 1.00. The summed E-state index contributed by atoms with van der Waals surface area (Å²) in [7, 11) is -3.02. The van der Waals surface area contributed by atoms with Gasteiger partial charge in [0.25, 0.3) is 0 Å². The summed E-state index contributed by atoms with van der Waals surface area (Å²) in [5.41, 5.74) is 0. The zero-order valence-electron chi connectivity index (χ0n) is 10.0. The van der Waals surface area contributed by atoms with Gasteiger partial charge in [0.15, 0.2) is 0 Å². The van der Waals surface area contributed by atoms with Gasteiger partial charge >= 0.3 is 0 Å². The first-order valence-corrected chi connectivity index (χ1v) is 7.53. The van der Waals surface area contributed by atoms with Crippen LogP contribution in [0.15, 0.2) is 0 Å². The van der Waals surface area contributed by atoms with Crippen LogP contribution in [-0.4, -0.2) is 33.8 Å². The molecule has 0 aliphatic rings. The molecule has 0 fully saturated rings. The van der Waals surface area contributed by atoms with Gasteiger partial charge in [-0.05, 0) is 26.3 Å². The summed E-state index contributed by atoms with van der Waals surface area (Å²) in [6, 6.07) is 0.531. The van der Waals surface area contributed by atoms with E-state index in [0.717, 1.165) is 13.0 Å². The molecule has 2 N–H and O–H groups in total. The molecule has 0 aliphatic carbocycles. The highest BCUT2D eigenvalue weighted by atomic mass is 32.2. The molecule has 0 heterocycles. The minimum Gasteiger partial charge on any atom is -0.314 e. The van der Waals surface area contributed by atoms with Crippen LogP contribution in [0.3, 0.4) is 0 Å². The van der Waals surface area contributed by atoms with Gasteiger partial charge in [0.2, 0.25) is 10.0 Å². The van der Waals surface area contributed by atoms with Crippen molar-refractivity contribution in [3.8, 4) is 0 Å². The predicted molar refractivity (Wildman–Crippen MR) is 64.5 cm³/mol. The van der Waals surface area contributed by atoms with Crippen LogP contribution in [0.5, 0.6) is 0 Å². The van der Waals surface area contributed by atoms with E-state index in [1.807, 2.05) is 0 Å². The molecule has 0 saturated carbocycles. The summed E-state index contributed by atoms with van der Waals surface area (Å²) in [6.07, 6.45) is 5.68. The highest BCUT2D eigenvalue weighted by molar-refractivity contribution is 7.88. The Balaban J connectivity index is 3.31. The van der Waals surface area contributed by atoms with Crippen LogP contribution in [0.2, 0.25) is 0 Å². The lowest BCUT2D eigenvalue weighted by atomic mass is 10.1. The maximum atomic E-state index is 10.7. The maximum absolute atomic E-state index is 10.7. The summed E-state index contributed by atoms with van der Waals surface area (Å²) in [4.78, 5) is 0. The third-order valence-electron chi connectivity index (χ3n) is 2.20. The Morgan fingerprint density at radius 1 is 1.20 bits per heavy atom. The average Bonchev–Trinajstić information content (AvgIpc) is 2.12. The first-order chi connectivity index (χ1) is 6.95. The molecule has 0 aliphatic heterocycles. The van der Waals surface area contributed by atoms with Crippen molar-refractivity contribution in [1.29, 1.82) is 0 Å². The van der Waals surface area contributed by atoms with Gasteiger partial charge in [0.1, 0.15) is 0 Å². The van der Waals surface area contributed by atoms with Crippen molar-refractivity contribution in [2.45, 2.75) is 45.6 Å². The molecule has 0 spiro atoms. The van der Waals surface area contributed by atoms with Gasteiger partial charge in [-0.15, -0.1) is 0 Å². The lowest BCUT2D eigenvalue weighted by Crippen LogP contribution is -2.30. The van der Waals surface area contributed by atoms with E-state index in [9.17, 15) is 8.42 Å². The molecule has 5 heteroatoms. The van der Waals surface area contributed by atoms with Crippen molar-refractivity contribution in [3.63, 3.8) is 0 Å². The highest BCUT2D eigenvalue weighted by Crippen LogP contribution is 1.98. The molecule has 0 bridgehead atoms.